The summed E-state index contributed by atoms with van der Waals surface area (Å²) in [6.45, 7) is 4.29. The van der Waals surface area contributed by atoms with Gasteiger partial charge in [-0.3, -0.25) is 13.9 Å². The summed E-state index contributed by atoms with van der Waals surface area (Å²) in [6, 6.07) is 20.9. The summed E-state index contributed by atoms with van der Waals surface area (Å²) in [5.74, 6) is -0.0979. The fourth-order valence-electron chi connectivity index (χ4n) is 4.66. The van der Waals surface area contributed by atoms with Gasteiger partial charge in [0.05, 0.1) is 11.4 Å². The topological polar surface area (TPSA) is 105 Å². The number of carbonyl (C=O) groups is 2. The van der Waals surface area contributed by atoms with Crippen LogP contribution < -0.4 is 19.1 Å². The third-order valence-electron chi connectivity index (χ3n) is 6.86. The molecule has 42 heavy (non-hydrogen) atoms. The van der Waals surface area contributed by atoms with Gasteiger partial charge in [0.2, 0.25) is 21.8 Å². The monoisotopic (exact) mass is 657 g/mol. The van der Waals surface area contributed by atoms with Crippen LogP contribution >= 0.6 is 15.9 Å². The fourth-order valence-corrected chi connectivity index (χ4v) is 6.16. The van der Waals surface area contributed by atoms with Crippen LogP contribution in [0.2, 0.25) is 0 Å². The lowest BCUT2D eigenvalue weighted by Gasteiger charge is -2.34. The van der Waals surface area contributed by atoms with E-state index >= 15 is 0 Å². The van der Waals surface area contributed by atoms with Gasteiger partial charge in [0.1, 0.15) is 25.8 Å². The average molecular weight is 659 g/mol. The number of benzene rings is 3. The van der Waals surface area contributed by atoms with E-state index in [4.69, 9.17) is 9.47 Å². The summed E-state index contributed by atoms with van der Waals surface area (Å²) < 4.78 is 39.9. The lowest BCUT2D eigenvalue weighted by Crippen LogP contribution is -2.53. The number of carbonyl (C=O) groups excluding carboxylic acids is 2. The maximum Gasteiger partial charge on any atom is 0.244 e. The van der Waals surface area contributed by atoms with Gasteiger partial charge in [0, 0.05) is 30.0 Å². The number of fused-ring (bicyclic) bond motifs is 1. The van der Waals surface area contributed by atoms with Crippen molar-refractivity contribution in [2.75, 3.05) is 36.4 Å². The molecule has 0 radical (unpaired) electrons. The van der Waals surface area contributed by atoms with Crippen molar-refractivity contribution in [1.29, 1.82) is 0 Å². The summed E-state index contributed by atoms with van der Waals surface area (Å²) in [7, 11) is -3.89. The highest BCUT2D eigenvalue weighted by atomic mass is 79.9. The maximum atomic E-state index is 14.2. The third kappa shape index (κ3) is 8.04. The largest absolute Gasteiger partial charge is 0.486 e. The fraction of sp³-hybridized carbons (Fsp3) is 0.355. The molecule has 9 nitrogen and oxygen atoms in total. The maximum absolute atomic E-state index is 14.2. The van der Waals surface area contributed by atoms with Gasteiger partial charge in [0.15, 0.2) is 11.5 Å². The number of anilines is 1. The Morgan fingerprint density at radius 2 is 1.64 bits per heavy atom. The first kappa shape index (κ1) is 31.4. The van der Waals surface area contributed by atoms with Gasteiger partial charge in [0.25, 0.3) is 0 Å². The van der Waals surface area contributed by atoms with Crippen molar-refractivity contribution in [2.24, 2.45) is 0 Å². The van der Waals surface area contributed by atoms with Crippen LogP contribution in [0.15, 0.2) is 77.3 Å². The number of halogens is 1. The molecule has 1 atom stereocenters. The highest BCUT2D eigenvalue weighted by Gasteiger charge is 2.34. The predicted octanol–water partition coefficient (Wildman–Crippen LogP) is 4.54. The molecule has 4 rings (SSSR count). The lowest BCUT2D eigenvalue weighted by molar-refractivity contribution is -0.140. The molecule has 0 unspecified atom stereocenters. The molecular formula is C31H36BrN3O6S. The molecule has 0 saturated heterocycles. The Bertz CT molecular complexity index is 1480. The first-order chi connectivity index (χ1) is 20.2. The van der Waals surface area contributed by atoms with E-state index in [1.54, 1.807) is 18.2 Å². The molecule has 3 aromatic rings. The first-order valence-corrected chi connectivity index (χ1v) is 16.4. The summed E-state index contributed by atoms with van der Waals surface area (Å²) in [6.07, 6.45) is 0.997. The van der Waals surface area contributed by atoms with E-state index in [0.717, 1.165) is 26.3 Å². The summed E-state index contributed by atoms with van der Waals surface area (Å²) in [5.41, 5.74) is 1.96. The molecule has 1 heterocycles. The Hall–Kier alpha value is -3.57. The Kier molecular flexibility index (Phi) is 10.9. The first-order valence-electron chi connectivity index (χ1n) is 14.0. The second-order valence-electron chi connectivity index (χ2n) is 9.88. The molecule has 0 aromatic heterocycles. The molecule has 1 aliphatic rings. The van der Waals surface area contributed by atoms with Gasteiger partial charge in [-0.05, 0) is 48.7 Å². The SMILES string of the molecule is CCCNC(=O)[C@@H](Cc1ccccc1)N(Cc1cccc(Br)c1)C(=O)CN(c1ccc2c(c1)OCCO2)S(=O)(=O)CC. The minimum atomic E-state index is -3.89. The minimum absolute atomic E-state index is 0.108. The van der Waals surface area contributed by atoms with Gasteiger partial charge in [-0.15, -0.1) is 0 Å². The van der Waals surface area contributed by atoms with Crippen LogP contribution in [0, 0.1) is 0 Å². The molecule has 0 fully saturated rings. The molecule has 224 valence electrons. The van der Waals surface area contributed by atoms with Crippen LogP contribution in [0.5, 0.6) is 11.5 Å². The van der Waals surface area contributed by atoms with Crippen LogP contribution in [0.4, 0.5) is 5.69 Å². The number of nitrogens with zero attached hydrogens (tertiary/aromatic N) is 2. The molecule has 1 aliphatic heterocycles. The second kappa shape index (κ2) is 14.6. The standard InChI is InChI=1S/C31H36BrN3O6S/c1-3-15-33-31(37)27(19-23-9-6-5-7-10-23)34(21-24-11-8-12-25(32)18-24)30(36)22-35(42(38,39)4-2)26-13-14-28-29(20-26)41-17-16-40-28/h5-14,18,20,27H,3-4,15-17,19,21-22H2,1-2H3,(H,33,37)/t27-/m1/s1. The smallest absolute Gasteiger partial charge is 0.244 e. The van der Waals surface area contributed by atoms with Crippen LogP contribution in [0.1, 0.15) is 31.4 Å². The Morgan fingerprint density at radius 3 is 2.33 bits per heavy atom. The van der Waals surface area contributed by atoms with E-state index in [9.17, 15) is 18.0 Å². The highest BCUT2D eigenvalue weighted by molar-refractivity contribution is 9.10. The zero-order valence-corrected chi connectivity index (χ0v) is 26.2. The summed E-state index contributed by atoms with van der Waals surface area (Å²) >= 11 is 3.49. The average Bonchev–Trinajstić information content (AvgIpc) is 3.00. The zero-order valence-electron chi connectivity index (χ0n) is 23.8. The Labute approximate surface area is 256 Å². The molecule has 0 spiro atoms. The number of rotatable bonds is 13. The minimum Gasteiger partial charge on any atom is -0.486 e. The zero-order chi connectivity index (χ0) is 30.1. The van der Waals surface area contributed by atoms with Crippen molar-refractivity contribution in [1.82, 2.24) is 10.2 Å². The number of hydrogen-bond donors (Lipinski definition) is 1. The van der Waals surface area contributed by atoms with Crippen molar-refractivity contribution in [3.05, 3.63) is 88.4 Å². The molecule has 0 aliphatic carbocycles. The quantitative estimate of drug-likeness (QED) is 0.289. The van der Waals surface area contributed by atoms with Gasteiger partial charge < -0.3 is 19.7 Å². The van der Waals surface area contributed by atoms with Crippen molar-refractivity contribution in [3.8, 4) is 11.5 Å². The molecule has 2 amide bonds. The lowest BCUT2D eigenvalue weighted by atomic mass is 10.0. The van der Waals surface area contributed by atoms with Crippen LogP contribution in [-0.4, -0.2) is 63.2 Å². The van der Waals surface area contributed by atoms with Crippen LogP contribution in [-0.2, 0) is 32.6 Å². The van der Waals surface area contributed by atoms with Gasteiger partial charge in [-0.25, -0.2) is 8.42 Å². The van der Waals surface area contributed by atoms with E-state index in [-0.39, 0.29) is 30.3 Å². The van der Waals surface area contributed by atoms with Crippen molar-refractivity contribution in [3.63, 3.8) is 0 Å². The van der Waals surface area contributed by atoms with Gasteiger partial charge >= 0.3 is 0 Å². The Morgan fingerprint density at radius 1 is 0.929 bits per heavy atom. The predicted molar refractivity (Wildman–Crippen MR) is 166 cm³/mol. The van der Waals surface area contributed by atoms with Gasteiger partial charge in [-0.1, -0.05) is 65.3 Å². The summed E-state index contributed by atoms with van der Waals surface area (Å²) in [5, 5.41) is 2.94. The Balaban J connectivity index is 1.74. The van der Waals surface area contributed by atoms with E-state index in [1.807, 2.05) is 61.5 Å². The molecule has 1 N–H and O–H groups in total. The van der Waals surface area contributed by atoms with E-state index < -0.39 is 28.5 Å². The molecule has 3 aromatic carbocycles. The molecule has 11 heteroatoms. The summed E-state index contributed by atoms with van der Waals surface area (Å²) in [4.78, 5) is 29.3. The van der Waals surface area contributed by atoms with Crippen LogP contribution in [0.3, 0.4) is 0 Å². The van der Waals surface area contributed by atoms with E-state index in [2.05, 4.69) is 21.2 Å². The molecule has 0 bridgehead atoms. The number of nitrogens with one attached hydrogen (secondary N) is 1. The number of sulfonamides is 1. The highest BCUT2D eigenvalue weighted by Crippen LogP contribution is 2.35. The number of ether oxygens (including phenoxy) is 2. The number of amides is 2. The van der Waals surface area contributed by atoms with Gasteiger partial charge in [-0.2, -0.15) is 0 Å². The molecule has 0 saturated carbocycles. The molecular weight excluding hydrogens is 622 g/mol. The van der Waals surface area contributed by atoms with Crippen molar-refractivity contribution in [2.45, 2.75) is 39.3 Å². The van der Waals surface area contributed by atoms with E-state index in [0.29, 0.717) is 31.3 Å². The van der Waals surface area contributed by atoms with Crippen molar-refractivity contribution >= 4 is 43.5 Å². The second-order valence-corrected chi connectivity index (χ2v) is 13.0. The van der Waals surface area contributed by atoms with E-state index in [1.165, 1.54) is 11.8 Å². The number of hydrogen-bond acceptors (Lipinski definition) is 6. The normalized spacial score (nSPS) is 13.2. The van der Waals surface area contributed by atoms with Crippen molar-refractivity contribution < 1.29 is 27.5 Å². The third-order valence-corrected chi connectivity index (χ3v) is 9.09. The van der Waals surface area contributed by atoms with Crippen LogP contribution in [0.25, 0.3) is 0 Å².